The van der Waals surface area contributed by atoms with E-state index in [1.165, 1.54) is 6.08 Å². The van der Waals surface area contributed by atoms with E-state index in [0.29, 0.717) is 6.61 Å². The molecular weight excluding hydrogens is 208 g/mol. The molecule has 0 heterocycles. The second-order valence-electron chi connectivity index (χ2n) is 4.00. The summed E-state index contributed by atoms with van der Waals surface area (Å²) >= 11 is 0. The van der Waals surface area contributed by atoms with Crippen LogP contribution in [0.5, 0.6) is 0 Å². The number of hydrogen-bond donors (Lipinski definition) is 0. The van der Waals surface area contributed by atoms with Crippen LogP contribution in [0.3, 0.4) is 0 Å². The topological polar surface area (TPSA) is 44.8 Å². The van der Waals surface area contributed by atoms with E-state index in [1.807, 2.05) is 13.8 Å². The summed E-state index contributed by atoms with van der Waals surface area (Å²) in [5.41, 5.74) is -0.241. The summed E-state index contributed by atoms with van der Waals surface area (Å²) in [7, 11) is 1.59. The van der Waals surface area contributed by atoms with Gasteiger partial charge in [0.1, 0.15) is 6.79 Å². The molecule has 0 bridgehead atoms. The lowest BCUT2D eigenvalue weighted by molar-refractivity contribution is -0.137. The third-order valence-corrected chi connectivity index (χ3v) is 2.02. The van der Waals surface area contributed by atoms with Gasteiger partial charge in [-0.15, -0.1) is 0 Å². The molecule has 94 valence electrons. The van der Waals surface area contributed by atoms with Crippen LogP contribution in [0.1, 0.15) is 33.6 Å². The molecule has 0 aliphatic heterocycles. The van der Waals surface area contributed by atoms with Crippen molar-refractivity contribution < 1.29 is 19.0 Å². The summed E-state index contributed by atoms with van der Waals surface area (Å²) in [5.74, 6) is -0.293. The Hall–Kier alpha value is -0.870. The Kier molecular flexibility index (Phi) is 7.85. The van der Waals surface area contributed by atoms with Crippen LogP contribution >= 0.6 is 0 Å². The van der Waals surface area contributed by atoms with Gasteiger partial charge >= 0.3 is 5.97 Å². The number of allylic oxidation sites excluding steroid dienone is 1. The maximum atomic E-state index is 11.0. The number of rotatable bonds is 8. The molecule has 0 fully saturated rings. The average Bonchev–Trinajstić information content (AvgIpc) is 2.22. The summed E-state index contributed by atoms with van der Waals surface area (Å²) in [4.78, 5) is 11.0. The summed E-state index contributed by atoms with van der Waals surface area (Å²) in [6.07, 6.45) is 4.85. The molecule has 0 spiro atoms. The van der Waals surface area contributed by atoms with Gasteiger partial charge in [-0.2, -0.15) is 0 Å². The summed E-state index contributed by atoms with van der Waals surface area (Å²) in [6.45, 7) is 6.46. The fraction of sp³-hybridized carbons (Fsp3) is 0.750. The van der Waals surface area contributed by atoms with Crippen molar-refractivity contribution in [3.8, 4) is 0 Å². The van der Waals surface area contributed by atoms with Gasteiger partial charge in [0.15, 0.2) is 0 Å². The highest BCUT2D eigenvalue weighted by Gasteiger charge is 2.16. The summed E-state index contributed by atoms with van der Waals surface area (Å²) < 4.78 is 15.1. The van der Waals surface area contributed by atoms with Gasteiger partial charge < -0.3 is 14.2 Å². The summed E-state index contributed by atoms with van der Waals surface area (Å²) in [5, 5.41) is 0. The highest BCUT2D eigenvalue weighted by Crippen LogP contribution is 2.16. The Morgan fingerprint density at radius 1 is 1.38 bits per heavy atom. The molecule has 0 aromatic heterocycles. The van der Waals surface area contributed by atoms with E-state index in [9.17, 15) is 4.79 Å². The van der Waals surface area contributed by atoms with E-state index < -0.39 is 0 Å². The van der Waals surface area contributed by atoms with Crippen LogP contribution in [0, 0.1) is 0 Å². The Morgan fingerprint density at radius 3 is 2.62 bits per heavy atom. The smallest absolute Gasteiger partial charge is 0.330 e. The second kappa shape index (κ2) is 8.30. The zero-order chi connectivity index (χ0) is 12.4. The maximum Gasteiger partial charge on any atom is 0.330 e. The molecule has 0 aromatic carbocycles. The molecular formula is C12H22O4. The Balaban J connectivity index is 3.74. The fourth-order valence-electron chi connectivity index (χ4n) is 1.09. The molecule has 0 aromatic rings. The highest BCUT2D eigenvalue weighted by atomic mass is 16.7. The molecule has 4 nitrogen and oxygen atoms in total. The monoisotopic (exact) mass is 230 g/mol. The average molecular weight is 230 g/mol. The van der Waals surface area contributed by atoms with Crippen LogP contribution < -0.4 is 0 Å². The van der Waals surface area contributed by atoms with Gasteiger partial charge in [0, 0.05) is 13.2 Å². The first-order valence-electron chi connectivity index (χ1n) is 5.48. The van der Waals surface area contributed by atoms with Crippen molar-refractivity contribution in [2.24, 2.45) is 0 Å². The van der Waals surface area contributed by atoms with Gasteiger partial charge in [-0.05, 0) is 33.6 Å². The maximum absolute atomic E-state index is 11.0. The first-order chi connectivity index (χ1) is 7.52. The molecule has 0 amide bonds. The molecule has 0 atom stereocenters. The molecule has 0 aliphatic carbocycles. The van der Waals surface area contributed by atoms with Gasteiger partial charge in [0.2, 0.25) is 0 Å². The Bertz CT molecular complexity index is 221. The number of methoxy groups -OCH3 is 1. The van der Waals surface area contributed by atoms with Crippen molar-refractivity contribution in [2.45, 2.75) is 39.2 Å². The number of ether oxygens (including phenoxy) is 3. The van der Waals surface area contributed by atoms with E-state index in [2.05, 4.69) is 0 Å². The Morgan fingerprint density at radius 2 is 2.06 bits per heavy atom. The highest BCUT2D eigenvalue weighted by molar-refractivity contribution is 5.81. The molecule has 0 rings (SSSR count). The van der Waals surface area contributed by atoms with Crippen LogP contribution in [0.4, 0.5) is 0 Å². The van der Waals surface area contributed by atoms with Crippen LogP contribution in [-0.4, -0.2) is 32.1 Å². The predicted molar refractivity (Wildman–Crippen MR) is 62.0 cm³/mol. The fourth-order valence-corrected chi connectivity index (χ4v) is 1.09. The largest absolute Gasteiger partial charge is 0.463 e. The van der Waals surface area contributed by atoms with Crippen molar-refractivity contribution in [1.29, 1.82) is 0 Å². The van der Waals surface area contributed by atoms with E-state index in [4.69, 9.17) is 14.2 Å². The van der Waals surface area contributed by atoms with E-state index in [0.717, 1.165) is 12.8 Å². The van der Waals surface area contributed by atoms with Gasteiger partial charge in [0.05, 0.1) is 12.2 Å². The van der Waals surface area contributed by atoms with Crippen molar-refractivity contribution in [3.05, 3.63) is 12.2 Å². The van der Waals surface area contributed by atoms with Gasteiger partial charge in [-0.1, -0.05) is 6.08 Å². The third kappa shape index (κ3) is 8.44. The molecule has 0 unspecified atom stereocenters. The molecule has 0 saturated heterocycles. The first-order valence-corrected chi connectivity index (χ1v) is 5.48. The minimum atomic E-state index is -0.293. The van der Waals surface area contributed by atoms with E-state index >= 15 is 0 Å². The predicted octanol–water partition coefficient (Wildman–Crippen LogP) is 2.29. The standard InChI is InChI=1S/C12H22O4/c1-5-15-11(13)8-6-7-9-12(2,3)16-10-14-4/h6,8H,5,7,9-10H2,1-4H3/b8-6+. The molecule has 4 heteroatoms. The van der Waals surface area contributed by atoms with Crippen molar-refractivity contribution in [1.82, 2.24) is 0 Å². The normalized spacial score (nSPS) is 12.0. The molecule has 0 radical (unpaired) electrons. The number of hydrogen-bond acceptors (Lipinski definition) is 4. The lowest BCUT2D eigenvalue weighted by atomic mass is 10.0. The van der Waals surface area contributed by atoms with Gasteiger partial charge in [-0.25, -0.2) is 4.79 Å². The third-order valence-electron chi connectivity index (χ3n) is 2.02. The van der Waals surface area contributed by atoms with Crippen molar-refractivity contribution in [2.75, 3.05) is 20.5 Å². The van der Waals surface area contributed by atoms with Crippen LogP contribution in [0.2, 0.25) is 0 Å². The number of carbonyl (C=O) groups is 1. The van der Waals surface area contributed by atoms with Crippen LogP contribution in [0.25, 0.3) is 0 Å². The minimum absolute atomic E-state index is 0.241. The zero-order valence-corrected chi connectivity index (χ0v) is 10.6. The zero-order valence-electron chi connectivity index (χ0n) is 10.6. The lowest BCUT2D eigenvalue weighted by Gasteiger charge is -2.23. The SMILES string of the molecule is CCOC(=O)/C=C/CCC(C)(C)OCOC. The minimum Gasteiger partial charge on any atom is -0.463 e. The Labute approximate surface area is 97.6 Å². The van der Waals surface area contributed by atoms with Crippen molar-refractivity contribution >= 4 is 5.97 Å². The van der Waals surface area contributed by atoms with E-state index in [1.54, 1.807) is 20.1 Å². The first kappa shape index (κ1) is 15.1. The van der Waals surface area contributed by atoms with Crippen LogP contribution in [-0.2, 0) is 19.0 Å². The molecule has 16 heavy (non-hydrogen) atoms. The quantitative estimate of drug-likeness (QED) is 0.364. The molecule has 0 aliphatic rings. The number of carbonyl (C=O) groups excluding carboxylic acids is 1. The van der Waals surface area contributed by atoms with Gasteiger partial charge in [0.25, 0.3) is 0 Å². The molecule has 0 saturated carbocycles. The second-order valence-corrected chi connectivity index (χ2v) is 4.00. The summed E-state index contributed by atoms with van der Waals surface area (Å²) in [6, 6.07) is 0. The van der Waals surface area contributed by atoms with Crippen molar-refractivity contribution in [3.63, 3.8) is 0 Å². The molecule has 0 N–H and O–H groups in total. The number of esters is 1. The van der Waals surface area contributed by atoms with E-state index in [-0.39, 0.29) is 18.4 Å². The lowest BCUT2D eigenvalue weighted by Crippen LogP contribution is -2.25. The van der Waals surface area contributed by atoms with Gasteiger partial charge in [-0.3, -0.25) is 0 Å². The van der Waals surface area contributed by atoms with Crippen LogP contribution in [0.15, 0.2) is 12.2 Å².